The van der Waals surface area contributed by atoms with Gasteiger partial charge in [0.25, 0.3) is 0 Å². The lowest BCUT2D eigenvalue weighted by Gasteiger charge is -1.99. The number of hydrogen-bond acceptors (Lipinski definition) is 3. The summed E-state index contributed by atoms with van der Waals surface area (Å²) in [6.45, 7) is -0.347. The van der Waals surface area contributed by atoms with Crippen LogP contribution in [0.4, 0.5) is 10.2 Å². The number of nitrogen functional groups attached to an aromatic ring is 1. The molecule has 1 aromatic carbocycles. The number of rotatable bonds is 3. The van der Waals surface area contributed by atoms with Gasteiger partial charge in [0.15, 0.2) is 0 Å². The number of hydrogen-bond donors (Lipinski definition) is 2. The molecule has 0 fully saturated rings. The van der Waals surface area contributed by atoms with Crippen LogP contribution in [0.3, 0.4) is 0 Å². The van der Waals surface area contributed by atoms with Crippen LogP contribution in [-0.2, 0) is 11.3 Å². The monoisotopic (exact) mass is 235 g/mol. The Balaban J connectivity index is 2.41. The molecule has 0 saturated carbocycles. The average Bonchev–Trinajstić information content (AvgIpc) is 2.60. The molecule has 0 atom stereocenters. The van der Waals surface area contributed by atoms with Crippen LogP contribution in [0.25, 0.3) is 11.3 Å². The van der Waals surface area contributed by atoms with Crippen molar-refractivity contribution in [3.05, 3.63) is 36.1 Å². The number of nitrogens with two attached hydrogens (primary N) is 1. The first-order valence-corrected chi connectivity index (χ1v) is 4.88. The summed E-state index contributed by atoms with van der Waals surface area (Å²) < 4.78 is 14.6. The number of nitrogens with zero attached hydrogens (tertiary/aromatic N) is 2. The molecule has 0 aliphatic carbocycles. The lowest BCUT2D eigenvalue weighted by atomic mass is 10.1. The minimum absolute atomic E-state index is 0.186. The van der Waals surface area contributed by atoms with Crippen LogP contribution >= 0.6 is 0 Å². The predicted molar refractivity (Wildman–Crippen MR) is 59.7 cm³/mol. The second-order valence-corrected chi connectivity index (χ2v) is 3.49. The van der Waals surface area contributed by atoms with Crippen molar-refractivity contribution in [3.8, 4) is 11.3 Å². The molecule has 0 radical (unpaired) electrons. The summed E-state index contributed by atoms with van der Waals surface area (Å²) >= 11 is 0. The zero-order chi connectivity index (χ0) is 12.4. The fourth-order valence-corrected chi connectivity index (χ4v) is 1.49. The van der Waals surface area contributed by atoms with Crippen molar-refractivity contribution in [2.45, 2.75) is 6.54 Å². The molecule has 1 heterocycles. The van der Waals surface area contributed by atoms with E-state index < -0.39 is 11.8 Å². The molecule has 0 bridgehead atoms. The molecule has 2 aromatic rings. The molecule has 17 heavy (non-hydrogen) atoms. The Hall–Kier alpha value is -2.37. The second kappa shape index (κ2) is 4.25. The van der Waals surface area contributed by atoms with Crippen LogP contribution in [0.15, 0.2) is 30.3 Å². The molecular formula is C11H10FN3O2. The zero-order valence-electron chi connectivity index (χ0n) is 8.80. The van der Waals surface area contributed by atoms with E-state index in [9.17, 15) is 9.18 Å². The first-order chi connectivity index (χ1) is 8.08. The Morgan fingerprint density at radius 3 is 2.82 bits per heavy atom. The molecular weight excluding hydrogens is 225 g/mol. The van der Waals surface area contributed by atoms with Gasteiger partial charge in [-0.3, -0.25) is 4.79 Å². The van der Waals surface area contributed by atoms with Gasteiger partial charge in [0, 0.05) is 11.6 Å². The molecule has 0 spiro atoms. The highest BCUT2D eigenvalue weighted by atomic mass is 19.1. The summed E-state index contributed by atoms with van der Waals surface area (Å²) in [5.74, 6) is -1.29. The Kier molecular flexibility index (Phi) is 2.78. The molecule has 0 aliphatic heterocycles. The van der Waals surface area contributed by atoms with Gasteiger partial charge in [0.1, 0.15) is 18.2 Å². The van der Waals surface area contributed by atoms with Gasteiger partial charge in [-0.25, -0.2) is 9.07 Å². The minimum atomic E-state index is -1.06. The molecule has 3 N–H and O–H groups in total. The van der Waals surface area contributed by atoms with E-state index in [2.05, 4.69) is 5.10 Å². The number of benzene rings is 1. The van der Waals surface area contributed by atoms with Gasteiger partial charge in [-0.1, -0.05) is 12.1 Å². The van der Waals surface area contributed by atoms with Crippen LogP contribution in [-0.4, -0.2) is 20.9 Å². The lowest BCUT2D eigenvalue weighted by molar-refractivity contribution is -0.137. The van der Waals surface area contributed by atoms with Gasteiger partial charge in [0.2, 0.25) is 0 Å². The molecule has 1 aromatic heterocycles. The summed E-state index contributed by atoms with van der Waals surface area (Å²) in [5, 5.41) is 12.6. The van der Waals surface area contributed by atoms with Crippen molar-refractivity contribution in [1.82, 2.24) is 9.78 Å². The van der Waals surface area contributed by atoms with E-state index in [4.69, 9.17) is 10.8 Å². The van der Waals surface area contributed by atoms with Gasteiger partial charge >= 0.3 is 5.97 Å². The maximum Gasteiger partial charge on any atom is 0.325 e. The molecule has 5 nitrogen and oxygen atoms in total. The predicted octanol–water partition coefficient (Wildman–Crippen LogP) is 1.36. The Morgan fingerprint density at radius 2 is 2.18 bits per heavy atom. The maximum absolute atomic E-state index is 13.5. The van der Waals surface area contributed by atoms with Crippen LogP contribution in [0.1, 0.15) is 0 Å². The fraction of sp³-hybridized carbons (Fsp3) is 0.0909. The van der Waals surface area contributed by atoms with Crippen molar-refractivity contribution >= 4 is 11.8 Å². The topological polar surface area (TPSA) is 81.1 Å². The van der Waals surface area contributed by atoms with E-state index in [-0.39, 0.29) is 12.4 Å². The fourth-order valence-electron chi connectivity index (χ4n) is 1.49. The molecule has 0 aliphatic rings. The summed E-state index contributed by atoms with van der Waals surface area (Å²) in [6, 6.07) is 7.55. The molecule has 0 unspecified atom stereocenters. The third kappa shape index (κ3) is 2.25. The number of carboxylic acids is 1. The van der Waals surface area contributed by atoms with E-state index in [0.29, 0.717) is 11.3 Å². The molecule has 0 amide bonds. The highest BCUT2D eigenvalue weighted by Crippen LogP contribution is 2.22. The Labute approximate surface area is 96.3 Å². The number of anilines is 1. The van der Waals surface area contributed by atoms with Gasteiger partial charge in [-0.15, -0.1) is 0 Å². The highest BCUT2D eigenvalue weighted by Gasteiger charge is 2.12. The third-order valence-electron chi connectivity index (χ3n) is 2.25. The number of carbonyl (C=O) groups is 1. The smallest absolute Gasteiger partial charge is 0.325 e. The van der Waals surface area contributed by atoms with E-state index in [1.165, 1.54) is 12.1 Å². The van der Waals surface area contributed by atoms with E-state index in [1.807, 2.05) is 0 Å². The average molecular weight is 235 g/mol. The quantitative estimate of drug-likeness (QED) is 0.841. The summed E-state index contributed by atoms with van der Waals surface area (Å²) in [5.41, 5.74) is 6.21. The first kappa shape index (κ1) is 11.1. The summed E-state index contributed by atoms with van der Waals surface area (Å²) in [6.07, 6.45) is 0. The molecule has 88 valence electrons. The van der Waals surface area contributed by atoms with Crippen LogP contribution < -0.4 is 5.73 Å². The van der Waals surface area contributed by atoms with Gasteiger partial charge in [-0.05, 0) is 12.1 Å². The lowest BCUT2D eigenvalue weighted by Crippen LogP contribution is -2.12. The summed E-state index contributed by atoms with van der Waals surface area (Å²) in [7, 11) is 0. The number of aromatic nitrogens is 2. The van der Waals surface area contributed by atoms with E-state index in [0.717, 1.165) is 4.68 Å². The Morgan fingerprint density at radius 1 is 1.47 bits per heavy atom. The maximum atomic E-state index is 13.5. The third-order valence-corrected chi connectivity index (χ3v) is 2.25. The van der Waals surface area contributed by atoms with Crippen molar-refractivity contribution in [2.75, 3.05) is 5.73 Å². The van der Waals surface area contributed by atoms with E-state index >= 15 is 0 Å². The minimum Gasteiger partial charge on any atom is -0.480 e. The van der Waals surface area contributed by atoms with Gasteiger partial charge < -0.3 is 10.8 Å². The molecule has 6 heteroatoms. The standard InChI is InChI=1S/C11H10FN3O2/c12-8-4-2-1-3-7(8)9-5-10(13)15(14-9)6-11(16)17/h1-5H,6,13H2,(H,16,17). The SMILES string of the molecule is Nc1cc(-c2ccccc2F)nn1CC(=O)O. The number of halogens is 1. The van der Waals surface area contributed by atoms with Crippen LogP contribution in [0.2, 0.25) is 0 Å². The van der Waals surface area contributed by atoms with Crippen molar-refractivity contribution in [2.24, 2.45) is 0 Å². The van der Waals surface area contributed by atoms with Crippen molar-refractivity contribution < 1.29 is 14.3 Å². The zero-order valence-corrected chi connectivity index (χ0v) is 8.80. The summed E-state index contributed by atoms with van der Waals surface area (Å²) in [4.78, 5) is 10.5. The largest absolute Gasteiger partial charge is 0.480 e. The highest BCUT2D eigenvalue weighted by molar-refractivity contribution is 5.68. The first-order valence-electron chi connectivity index (χ1n) is 4.88. The van der Waals surface area contributed by atoms with E-state index in [1.54, 1.807) is 18.2 Å². The van der Waals surface area contributed by atoms with Gasteiger partial charge in [-0.2, -0.15) is 5.10 Å². The number of aliphatic carboxylic acids is 1. The normalized spacial score (nSPS) is 10.4. The molecule has 0 saturated heterocycles. The van der Waals surface area contributed by atoms with Crippen LogP contribution in [0.5, 0.6) is 0 Å². The van der Waals surface area contributed by atoms with Crippen molar-refractivity contribution in [3.63, 3.8) is 0 Å². The van der Waals surface area contributed by atoms with Crippen LogP contribution in [0, 0.1) is 5.82 Å². The van der Waals surface area contributed by atoms with Gasteiger partial charge in [0.05, 0.1) is 5.69 Å². The van der Waals surface area contributed by atoms with Crippen molar-refractivity contribution in [1.29, 1.82) is 0 Å². The second-order valence-electron chi connectivity index (χ2n) is 3.49. The Bertz CT molecular complexity index is 566. The number of carboxylic acid groups (broad SMARTS) is 1. The molecule has 2 rings (SSSR count).